The third-order valence-electron chi connectivity index (χ3n) is 5.34. The molecule has 0 amide bonds. The second-order valence-corrected chi connectivity index (χ2v) is 8.25. The zero-order valence-electron chi connectivity index (χ0n) is 18.1. The molecule has 0 aliphatic carbocycles. The average molecular weight is 389 g/mol. The summed E-state index contributed by atoms with van der Waals surface area (Å²) < 4.78 is 6.75. The Morgan fingerprint density at radius 3 is 1.85 bits per heavy atom. The van der Waals surface area contributed by atoms with Crippen LogP contribution in [-0.4, -0.2) is 80.9 Å². The van der Waals surface area contributed by atoms with Crippen LogP contribution in [0, 0.1) is 0 Å². The topological polar surface area (TPSA) is 54.6 Å². The maximum atomic E-state index is 3.55. The summed E-state index contributed by atoms with van der Waals surface area (Å²) >= 11 is 1.65. The molecule has 0 bridgehead atoms. The lowest BCUT2D eigenvalue weighted by molar-refractivity contribution is 0.171. The second-order valence-electron chi connectivity index (χ2n) is 7.55. The first-order valence-electron chi connectivity index (χ1n) is 10.6. The van der Waals surface area contributed by atoms with Crippen LogP contribution in [0.5, 0.6) is 0 Å². The van der Waals surface area contributed by atoms with E-state index in [1.165, 1.54) is 51.9 Å². The molecule has 4 aliphatic heterocycles. The van der Waals surface area contributed by atoms with Crippen molar-refractivity contribution < 1.29 is 0 Å². The first-order chi connectivity index (χ1) is 12.6. The van der Waals surface area contributed by atoms with E-state index in [0.29, 0.717) is 11.1 Å². The maximum Gasteiger partial charge on any atom is 0.0555 e. The number of likely N-dealkylation sites (tertiary alicyclic amines) is 2. The predicted octanol–water partition coefficient (Wildman–Crippen LogP) is 1.86. The Kier molecular flexibility index (Phi) is 11.7. The van der Waals surface area contributed by atoms with E-state index in [0.717, 1.165) is 19.8 Å². The summed E-state index contributed by atoms with van der Waals surface area (Å²) in [6.07, 6.45) is 5.32. The summed E-state index contributed by atoms with van der Waals surface area (Å²) in [5.41, 5.74) is 0.782. The Morgan fingerprint density at radius 2 is 1.38 bits per heavy atom. The standard InChI is InChI=1S/C8H17N3.C7H15N3S.2C2H6/c1-11-4-2-3-8(6-11)5-9-7-10-8;1-10-4-2-3-7(6-10)5-8-11-9-7;2*1-2/h9-10H,2-7H2,1H3;8-9H,2-6H2,1H3;2*1-2H3. The first-order valence-corrected chi connectivity index (χ1v) is 11.4. The highest BCUT2D eigenvalue weighted by molar-refractivity contribution is 7.95. The van der Waals surface area contributed by atoms with E-state index in [1.807, 2.05) is 27.7 Å². The summed E-state index contributed by atoms with van der Waals surface area (Å²) in [5.74, 6) is 0. The normalized spacial score (nSPS) is 34.4. The van der Waals surface area contributed by atoms with Gasteiger partial charge in [-0.05, 0) is 52.9 Å². The fraction of sp³-hybridized carbons (Fsp3) is 1.00. The fourth-order valence-electron chi connectivity index (χ4n) is 4.21. The van der Waals surface area contributed by atoms with Crippen LogP contribution in [0.1, 0.15) is 53.4 Å². The lowest BCUT2D eigenvalue weighted by atomic mass is 9.90. The number of nitrogens with one attached hydrogen (secondary N) is 4. The molecule has 2 atom stereocenters. The van der Waals surface area contributed by atoms with Crippen molar-refractivity contribution in [3.63, 3.8) is 0 Å². The van der Waals surface area contributed by atoms with Gasteiger partial charge >= 0.3 is 0 Å². The lowest BCUT2D eigenvalue weighted by Gasteiger charge is -2.38. The molecular formula is C19H44N6S. The molecule has 156 valence electrons. The molecule has 2 spiro atoms. The van der Waals surface area contributed by atoms with Crippen molar-refractivity contribution in [2.45, 2.75) is 64.5 Å². The van der Waals surface area contributed by atoms with E-state index >= 15 is 0 Å². The van der Waals surface area contributed by atoms with Crippen LogP contribution in [0.3, 0.4) is 0 Å². The largest absolute Gasteiger partial charge is 0.304 e. The summed E-state index contributed by atoms with van der Waals surface area (Å²) in [6, 6.07) is 0. The third kappa shape index (κ3) is 7.26. The molecule has 4 saturated heterocycles. The quantitative estimate of drug-likeness (QED) is 0.473. The van der Waals surface area contributed by atoms with Crippen molar-refractivity contribution >= 4 is 12.1 Å². The summed E-state index contributed by atoms with van der Waals surface area (Å²) in [6.45, 7) is 16.2. The molecule has 4 rings (SSSR count). The zero-order valence-corrected chi connectivity index (χ0v) is 18.9. The smallest absolute Gasteiger partial charge is 0.0555 e. The van der Waals surface area contributed by atoms with Gasteiger partial charge < -0.3 is 15.1 Å². The second kappa shape index (κ2) is 12.5. The van der Waals surface area contributed by atoms with Gasteiger partial charge in [0.2, 0.25) is 0 Å². The van der Waals surface area contributed by atoms with Gasteiger partial charge in [-0.2, -0.15) is 0 Å². The van der Waals surface area contributed by atoms with Gasteiger partial charge in [0.25, 0.3) is 0 Å². The van der Waals surface area contributed by atoms with Crippen LogP contribution in [0.2, 0.25) is 0 Å². The molecule has 0 aromatic rings. The first kappa shape index (κ1) is 24.1. The highest BCUT2D eigenvalue weighted by atomic mass is 32.2. The minimum absolute atomic E-state index is 0.373. The Morgan fingerprint density at radius 1 is 0.808 bits per heavy atom. The molecule has 0 aromatic carbocycles. The Hall–Kier alpha value is 0.110. The van der Waals surface area contributed by atoms with Gasteiger partial charge in [0, 0.05) is 50.5 Å². The fourth-order valence-corrected chi connectivity index (χ4v) is 5.09. The average Bonchev–Trinajstić information content (AvgIpc) is 3.29. The van der Waals surface area contributed by atoms with E-state index < -0.39 is 0 Å². The minimum atomic E-state index is 0.373. The number of likely N-dealkylation sites (N-methyl/N-ethyl adjacent to an activating group) is 2. The molecular weight excluding hydrogens is 344 g/mol. The Labute approximate surface area is 166 Å². The highest BCUT2D eigenvalue weighted by Gasteiger charge is 2.37. The van der Waals surface area contributed by atoms with Gasteiger partial charge in [0.15, 0.2) is 0 Å². The maximum absolute atomic E-state index is 3.55. The summed E-state index contributed by atoms with van der Waals surface area (Å²) in [4.78, 5) is 4.83. The van der Waals surface area contributed by atoms with Gasteiger partial charge in [-0.25, -0.2) is 9.44 Å². The molecule has 4 fully saturated rings. The van der Waals surface area contributed by atoms with Crippen molar-refractivity contribution in [3.05, 3.63) is 0 Å². The van der Waals surface area contributed by atoms with Gasteiger partial charge in [0.05, 0.1) is 5.54 Å². The highest BCUT2D eigenvalue weighted by Crippen LogP contribution is 2.25. The van der Waals surface area contributed by atoms with Crippen LogP contribution in [0.15, 0.2) is 0 Å². The third-order valence-corrected chi connectivity index (χ3v) is 6.16. The van der Waals surface area contributed by atoms with Gasteiger partial charge in [-0.15, -0.1) is 0 Å². The van der Waals surface area contributed by atoms with E-state index in [-0.39, 0.29) is 0 Å². The van der Waals surface area contributed by atoms with E-state index in [9.17, 15) is 0 Å². The molecule has 4 aliphatic rings. The molecule has 4 heterocycles. The van der Waals surface area contributed by atoms with Crippen LogP contribution >= 0.6 is 12.1 Å². The minimum Gasteiger partial charge on any atom is -0.304 e. The molecule has 6 nitrogen and oxygen atoms in total. The molecule has 0 radical (unpaired) electrons. The van der Waals surface area contributed by atoms with E-state index in [4.69, 9.17) is 0 Å². The zero-order chi connectivity index (χ0) is 19.5. The molecule has 4 N–H and O–H groups in total. The van der Waals surface area contributed by atoms with Crippen LogP contribution < -0.4 is 20.1 Å². The van der Waals surface area contributed by atoms with Crippen LogP contribution in [0.25, 0.3) is 0 Å². The number of nitrogens with zero attached hydrogens (tertiary/aromatic N) is 2. The molecule has 0 aromatic heterocycles. The molecule has 0 saturated carbocycles. The molecule has 26 heavy (non-hydrogen) atoms. The van der Waals surface area contributed by atoms with Gasteiger partial charge in [0.1, 0.15) is 0 Å². The lowest BCUT2D eigenvalue weighted by Crippen LogP contribution is -2.54. The van der Waals surface area contributed by atoms with E-state index in [1.54, 1.807) is 12.1 Å². The van der Waals surface area contributed by atoms with Crippen molar-refractivity contribution in [1.29, 1.82) is 0 Å². The summed E-state index contributed by atoms with van der Waals surface area (Å²) in [7, 11) is 4.41. The van der Waals surface area contributed by atoms with Crippen LogP contribution in [-0.2, 0) is 0 Å². The van der Waals surface area contributed by atoms with Gasteiger partial charge in [-0.1, -0.05) is 27.7 Å². The molecule has 2 unspecified atom stereocenters. The van der Waals surface area contributed by atoms with Crippen molar-refractivity contribution in [2.24, 2.45) is 0 Å². The molecule has 7 heteroatoms. The van der Waals surface area contributed by atoms with E-state index in [2.05, 4.69) is 44.0 Å². The summed E-state index contributed by atoms with van der Waals surface area (Å²) in [5, 5.41) is 6.92. The number of hydrogen-bond donors (Lipinski definition) is 4. The number of rotatable bonds is 0. The van der Waals surface area contributed by atoms with Crippen molar-refractivity contribution in [3.8, 4) is 0 Å². The number of hydrogen-bond acceptors (Lipinski definition) is 7. The SMILES string of the molecule is CC.CC.CN1CCCC2(CNCN2)C1.CN1CCCC2(CNSN2)C1. The van der Waals surface area contributed by atoms with Crippen molar-refractivity contribution in [1.82, 2.24) is 29.9 Å². The Bertz CT molecular complexity index is 322. The monoisotopic (exact) mass is 388 g/mol. The number of piperidine rings is 2. The Balaban J connectivity index is 0.000000219. The predicted molar refractivity (Wildman–Crippen MR) is 116 cm³/mol. The van der Waals surface area contributed by atoms with Crippen molar-refractivity contribution in [2.75, 3.05) is 60.0 Å². The van der Waals surface area contributed by atoms with Crippen LogP contribution in [0.4, 0.5) is 0 Å². The van der Waals surface area contributed by atoms with Gasteiger partial charge in [-0.3, -0.25) is 5.32 Å².